The molecule has 1 aromatic heterocycles. The van der Waals surface area contributed by atoms with Gasteiger partial charge >= 0.3 is 11.0 Å². The molecule has 0 saturated heterocycles. The lowest BCUT2D eigenvalue weighted by Gasteiger charge is -2.22. The standard InChI is InChI=1S/C37H27N2.C2F6NO4S2/c1-3-9-30(10-4-1)15-17-32-19-23-34(24-20-32)27-38-29-39(37-14-8-7-13-36(37)38)28-35-25-21-33(22-26-35)18-16-31-11-5-2-6-12-31;3-1(4,5)14(10,11)9-15(12,13)2(6,7)8/h1-14,19-26,29H,27-28H2;/q+1;-1. The maximum atomic E-state index is 11.4. The van der Waals surface area contributed by atoms with Gasteiger partial charge in [-0.3, -0.25) is 0 Å². The van der Waals surface area contributed by atoms with Gasteiger partial charge in [0.15, 0.2) is 31.1 Å². The molecule has 0 atom stereocenters. The lowest BCUT2D eigenvalue weighted by atomic mass is 10.1. The number of alkyl halides is 6. The highest BCUT2D eigenvalue weighted by molar-refractivity contribution is 8.13. The first kappa shape index (κ1) is 39.3. The van der Waals surface area contributed by atoms with Crippen LogP contribution in [0.2, 0.25) is 0 Å². The molecule has 6 rings (SSSR count). The van der Waals surface area contributed by atoms with Crippen LogP contribution in [-0.2, 0) is 33.1 Å². The number of imidazole rings is 1. The van der Waals surface area contributed by atoms with Gasteiger partial charge in [0.25, 0.3) is 0 Å². The van der Waals surface area contributed by atoms with E-state index in [1.807, 2.05) is 60.7 Å². The van der Waals surface area contributed by atoms with Crippen LogP contribution in [0.4, 0.5) is 26.3 Å². The fraction of sp³-hybridized carbons (Fsp3) is 0.103. The maximum Gasteiger partial charge on any atom is 0.480 e. The van der Waals surface area contributed by atoms with Crippen molar-refractivity contribution in [3.05, 3.63) is 177 Å². The highest BCUT2D eigenvalue weighted by Crippen LogP contribution is 2.36. The summed E-state index contributed by atoms with van der Waals surface area (Å²) in [6, 6.07) is 45.9. The van der Waals surface area contributed by atoms with Crippen molar-refractivity contribution in [1.82, 2.24) is 4.57 Å². The summed E-state index contributed by atoms with van der Waals surface area (Å²) in [4.78, 5) is 0. The molecule has 6 aromatic rings. The van der Waals surface area contributed by atoms with Gasteiger partial charge in [0, 0.05) is 22.3 Å². The van der Waals surface area contributed by atoms with Gasteiger partial charge in [-0.25, -0.2) is 26.0 Å². The number of sulfonamides is 2. The van der Waals surface area contributed by atoms with Crippen molar-refractivity contribution < 1.29 is 47.7 Å². The molecule has 0 amide bonds. The normalized spacial score (nSPS) is 11.7. The molecular weight excluding hydrogens is 753 g/mol. The van der Waals surface area contributed by atoms with Crippen molar-refractivity contribution in [2.24, 2.45) is 0 Å². The van der Waals surface area contributed by atoms with Crippen molar-refractivity contribution in [1.29, 1.82) is 0 Å². The van der Waals surface area contributed by atoms with Crippen LogP contribution in [0.5, 0.6) is 0 Å². The number of para-hydroxylation sites is 2. The Bertz CT molecular complexity index is 2390. The summed E-state index contributed by atoms with van der Waals surface area (Å²) in [7, 11) is -13.4. The van der Waals surface area contributed by atoms with E-state index in [-0.39, 0.29) is 0 Å². The molecule has 0 aliphatic heterocycles. The second-order valence-corrected chi connectivity index (χ2v) is 14.8. The second-order valence-electron chi connectivity index (χ2n) is 11.4. The number of benzene rings is 5. The SMILES string of the molecule is C(#Cc1ccc(Cn2c[n+](Cc3ccc(C#Cc4ccccc4)cc3)c3ccccc32)cc1)c1ccccc1.O=S(=O)([N-]S(=O)(=O)C(F)(F)F)C(F)(F)F. The average Bonchev–Trinajstić information content (AvgIpc) is 3.47. The van der Waals surface area contributed by atoms with Gasteiger partial charge in [0.1, 0.15) is 13.1 Å². The van der Waals surface area contributed by atoms with E-state index in [2.05, 4.69) is 112 Å². The Morgan fingerprint density at radius 1 is 0.519 bits per heavy atom. The summed E-state index contributed by atoms with van der Waals surface area (Å²) in [5.74, 6) is 13.0. The van der Waals surface area contributed by atoms with E-state index in [1.165, 1.54) is 22.2 Å². The van der Waals surface area contributed by atoms with Crippen LogP contribution in [0.1, 0.15) is 33.4 Å². The lowest BCUT2D eigenvalue weighted by Crippen LogP contribution is -2.32. The van der Waals surface area contributed by atoms with E-state index in [1.54, 1.807) is 0 Å². The van der Waals surface area contributed by atoms with Gasteiger partial charge in [-0.2, -0.15) is 26.3 Å². The molecular formula is C39H27F6N3O4S2. The molecule has 54 heavy (non-hydrogen) atoms. The first-order chi connectivity index (χ1) is 25.5. The fourth-order valence-electron chi connectivity index (χ4n) is 4.82. The molecule has 7 nitrogen and oxygen atoms in total. The molecule has 276 valence electrons. The zero-order chi connectivity index (χ0) is 39.0. The Morgan fingerprint density at radius 3 is 1.35 bits per heavy atom. The summed E-state index contributed by atoms with van der Waals surface area (Å²) >= 11 is 0. The summed E-state index contributed by atoms with van der Waals surface area (Å²) < 4.78 is 114. The van der Waals surface area contributed by atoms with Crippen LogP contribution < -0.4 is 4.57 Å². The summed E-state index contributed by atoms with van der Waals surface area (Å²) in [6.45, 7) is 1.60. The summed E-state index contributed by atoms with van der Waals surface area (Å²) in [5.41, 5.74) is -3.38. The topological polar surface area (TPSA) is 91.2 Å². The first-order valence-corrected chi connectivity index (χ1v) is 18.5. The molecule has 0 spiro atoms. The van der Waals surface area contributed by atoms with Crippen LogP contribution in [0.3, 0.4) is 0 Å². The van der Waals surface area contributed by atoms with Crippen LogP contribution >= 0.6 is 0 Å². The van der Waals surface area contributed by atoms with Gasteiger partial charge in [-0.1, -0.05) is 96.5 Å². The third kappa shape index (κ3) is 10.4. The van der Waals surface area contributed by atoms with Gasteiger partial charge in [0.2, 0.25) is 6.33 Å². The van der Waals surface area contributed by atoms with Crippen LogP contribution in [0.25, 0.3) is 15.2 Å². The van der Waals surface area contributed by atoms with E-state index in [0.29, 0.717) is 0 Å². The monoisotopic (exact) mass is 779 g/mol. The van der Waals surface area contributed by atoms with Crippen molar-refractivity contribution in [2.45, 2.75) is 24.1 Å². The number of aromatic nitrogens is 2. The fourth-order valence-corrected chi connectivity index (χ4v) is 6.53. The highest BCUT2D eigenvalue weighted by Gasteiger charge is 2.47. The highest BCUT2D eigenvalue weighted by atomic mass is 32.3. The summed E-state index contributed by atoms with van der Waals surface area (Å²) in [6.07, 6.45) is 2.22. The molecule has 5 aromatic carbocycles. The first-order valence-electron chi connectivity index (χ1n) is 15.7. The largest absolute Gasteiger partial charge is 0.480 e. The third-order valence-electron chi connectivity index (χ3n) is 7.42. The van der Waals surface area contributed by atoms with Crippen LogP contribution in [-0.4, -0.2) is 32.4 Å². The van der Waals surface area contributed by atoms with E-state index in [4.69, 9.17) is 0 Å². The Labute approximate surface area is 307 Å². The van der Waals surface area contributed by atoms with Gasteiger partial charge in [-0.05, 0) is 71.8 Å². The number of nitrogens with zero attached hydrogens (tertiary/aromatic N) is 3. The molecule has 15 heteroatoms. The van der Waals surface area contributed by atoms with E-state index in [9.17, 15) is 43.2 Å². The van der Waals surface area contributed by atoms with Crippen molar-refractivity contribution in [2.75, 3.05) is 0 Å². The Hall–Kier alpha value is -5.87. The maximum absolute atomic E-state index is 11.4. The molecule has 0 N–H and O–H groups in total. The zero-order valence-electron chi connectivity index (χ0n) is 27.8. The summed E-state index contributed by atoms with van der Waals surface area (Å²) in [5, 5.41) is 0. The van der Waals surface area contributed by atoms with Crippen LogP contribution in [0, 0.1) is 23.7 Å². The molecule has 0 unspecified atom stereocenters. The molecule has 0 bridgehead atoms. The van der Waals surface area contributed by atoms with E-state index in [0.717, 1.165) is 39.5 Å². The lowest BCUT2D eigenvalue weighted by molar-refractivity contribution is -0.663. The van der Waals surface area contributed by atoms with Crippen molar-refractivity contribution in [3.63, 3.8) is 0 Å². The Balaban J connectivity index is 0.000000318. The smallest absolute Gasteiger partial charge is 0.421 e. The van der Waals surface area contributed by atoms with E-state index < -0.39 is 31.1 Å². The predicted molar refractivity (Wildman–Crippen MR) is 191 cm³/mol. The number of hydrogen-bond acceptors (Lipinski definition) is 4. The number of halogens is 6. The van der Waals surface area contributed by atoms with Crippen molar-refractivity contribution in [3.8, 4) is 23.7 Å². The van der Waals surface area contributed by atoms with E-state index >= 15 is 0 Å². The average molecular weight is 780 g/mol. The zero-order valence-corrected chi connectivity index (χ0v) is 29.4. The molecule has 0 fully saturated rings. The minimum Gasteiger partial charge on any atom is -0.421 e. The number of fused-ring (bicyclic) bond motifs is 1. The molecule has 1 heterocycles. The Kier molecular flexibility index (Phi) is 12.0. The minimum atomic E-state index is -6.72. The Morgan fingerprint density at radius 2 is 0.907 bits per heavy atom. The third-order valence-corrected chi connectivity index (χ3v) is 10.2. The van der Waals surface area contributed by atoms with Gasteiger partial charge in [-0.15, -0.1) is 0 Å². The van der Waals surface area contributed by atoms with Gasteiger partial charge in [0.05, 0.1) is 0 Å². The molecule has 0 aliphatic rings. The number of rotatable bonds is 6. The number of hydrogen-bond donors (Lipinski definition) is 0. The minimum absolute atomic E-state index is 0.778. The van der Waals surface area contributed by atoms with Gasteiger partial charge < -0.3 is 4.13 Å². The second kappa shape index (κ2) is 16.4. The van der Waals surface area contributed by atoms with Crippen molar-refractivity contribution >= 4 is 31.1 Å². The molecule has 0 aliphatic carbocycles. The molecule has 0 saturated carbocycles. The van der Waals surface area contributed by atoms with Crippen LogP contribution in [0.15, 0.2) is 140 Å². The quantitative estimate of drug-likeness (QED) is 0.0978. The molecule has 0 radical (unpaired) electrons. The predicted octanol–water partition coefficient (Wildman–Crippen LogP) is 7.88.